The summed E-state index contributed by atoms with van der Waals surface area (Å²) in [5, 5.41) is 14.1. The lowest BCUT2D eigenvalue weighted by molar-refractivity contribution is -0.390. The molecule has 0 unspecified atom stereocenters. The first-order chi connectivity index (χ1) is 11.1. The van der Waals surface area contributed by atoms with Crippen LogP contribution in [0.2, 0.25) is 5.02 Å². The van der Waals surface area contributed by atoms with Gasteiger partial charge in [-0.15, -0.1) is 11.3 Å². The summed E-state index contributed by atoms with van der Waals surface area (Å²) in [5.41, 5.74) is 1.51. The summed E-state index contributed by atoms with van der Waals surface area (Å²) in [6.45, 7) is 0.119. The smallest absolute Gasteiger partial charge is 0.406 e. The second kappa shape index (κ2) is 6.72. The first-order valence-corrected chi connectivity index (χ1v) is 7.82. The minimum absolute atomic E-state index is 0.116. The van der Waals surface area contributed by atoms with E-state index in [0.29, 0.717) is 10.7 Å². The molecule has 0 fully saturated rings. The number of pyridine rings is 1. The fraction of sp³-hybridized carbons (Fsp3) is 0.0667. The van der Waals surface area contributed by atoms with Crippen molar-refractivity contribution in [2.75, 3.05) is 0 Å². The first-order valence-electron chi connectivity index (χ1n) is 6.56. The average molecular weight is 348 g/mol. The normalized spacial score (nSPS) is 10.5. The van der Waals surface area contributed by atoms with E-state index >= 15 is 0 Å². The first kappa shape index (κ1) is 15.4. The predicted octanol–water partition coefficient (Wildman–Crippen LogP) is 4.35. The largest absolute Gasteiger partial charge is 0.479 e. The molecule has 116 valence electrons. The molecule has 1 aromatic carbocycles. The van der Waals surface area contributed by atoms with Gasteiger partial charge in [0.2, 0.25) is 5.75 Å². The third-order valence-electron chi connectivity index (χ3n) is 2.96. The maximum atomic E-state index is 10.9. The van der Waals surface area contributed by atoms with Crippen molar-refractivity contribution < 1.29 is 9.66 Å². The average Bonchev–Trinajstić information content (AvgIpc) is 3.02. The van der Waals surface area contributed by atoms with Crippen LogP contribution in [0.15, 0.2) is 48.0 Å². The molecule has 23 heavy (non-hydrogen) atoms. The van der Waals surface area contributed by atoms with Crippen molar-refractivity contribution in [3.05, 3.63) is 68.8 Å². The monoisotopic (exact) mass is 347 g/mol. The van der Waals surface area contributed by atoms with Gasteiger partial charge in [-0.05, 0) is 28.1 Å². The van der Waals surface area contributed by atoms with Gasteiger partial charge in [0, 0.05) is 10.9 Å². The van der Waals surface area contributed by atoms with Crippen molar-refractivity contribution in [3.63, 3.8) is 0 Å². The molecule has 6 nitrogen and oxygen atoms in total. The van der Waals surface area contributed by atoms with Crippen molar-refractivity contribution in [1.29, 1.82) is 0 Å². The summed E-state index contributed by atoms with van der Waals surface area (Å²) in [6, 6.07) is 10.5. The molecule has 0 aliphatic rings. The molecule has 0 atom stereocenters. The number of aromatic nitrogens is 2. The van der Waals surface area contributed by atoms with E-state index < -0.39 is 4.92 Å². The topological polar surface area (TPSA) is 78.2 Å². The molecular formula is C15H10ClN3O3S. The number of benzene rings is 1. The van der Waals surface area contributed by atoms with E-state index in [9.17, 15) is 10.1 Å². The minimum Gasteiger partial charge on any atom is -0.479 e. The summed E-state index contributed by atoms with van der Waals surface area (Å²) in [4.78, 5) is 18.5. The Morgan fingerprint density at radius 3 is 2.87 bits per heavy atom. The van der Waals surface area contributed by atoms with Gasteiger partial charge in [-0.25, -0.2) is 4.98 Å². The summed E-state index contributed by atoms with van der Waals surface area (Å²) in [7, 11) is 0. The van der Waals surface area contributed by atoms with Crippen LogP contribution in [0.25, 0.3) is 10.6 Å². The Bertz CT molecular complexity index is 853. The van der Waals surface area contributed by atoms with Crippen LogP contribution in [0.4, 0.5) is 5.82 Å². The second-order valence-electron chi connectivity index (χ2n) is 4.49. The van der Waals surface area contributed by atoms with Gasteiger partial charge < -0.3 is 14.9 Å². The molecule has 0 spiro atoms. The van der Waals surface area contributed by atoms with Crippen LogP contribution in [0.1, 0.15) is 5.69 Å². The lowest BCUT2D eigenvalue weighted by atomic mass is 10.2. The molecule has 0 aliphatic carbocycles. The van der Waals surface area contributed by atoms with Gasteiger partial charge in [-0.2, -0.15) is 0 Å². The number of hydrogen-bond acceptors (Lipinski definition) is 6. The second-order valence-corrected chi connectivity index (χ2v) is 5.76. The maximum absolute atomic E-state index is 10.9. The highest BCUT2D eigenvalue weighted by molar-refractivity contribution is 7.13. The molecule has 0 saturated carbocycles. The third-order valence-corrected chi connectivity index (χ3v) is 4.21. The molecule has 2 aromatic heterocycles. The van der Waals surface area contributed by atoms with E-state index in [2.05, 4.69) is 9.97 Å². The highest BCUT2D eigenvalue weighted by Gasteiger charge is 2.16. The van der Waals surface area contributed by atoms with Gasteiger partial charge in [0.1, 0.15) is 17.8 Å². The van der Waals surface area contributed by atoms with Crippen LogP contribution < -0.4 is 4.74 Å². The van der Waals surface area contributed by atoms with E-state index in [1.165, 1.54) is 23.6 Å². The van der Waals surface area contributed by atoms with Gasteiger partial charge >= 0.3 is 5.82 Å². The van der Waals surface area contributed by atoms with E-state index in [1.807, 2.05) is 23.6 Å². The number of hydrogen-bond donors (Lipinski definition) is 0. The SMILES string of the molecule is O=[N+]([O-])c1ncccc1OCc1csc(-c2ccccc2Cl)n1. The predicted molar refractivity (Wildman–Crippen MR) is 87.8 cm³/mol. The molecular weight excluding hydrogens is 338 g/mol. The third kappa shape index (κ3) is 3.46. The van der Waals surface area contributed by atoms with Crippen LogP contribution in [0, 0.1) is 10.1 Å². The van der Waals surface area contributed by atoms with Gasteiger partial charge in [-0.3, -0.25) is 0 Å². The van der Waals surface area contributed by atoms with Crippen LogP contribution >= 0.6 is 22.9 Å². The number of nitrogens with zero attached hydrogens (tertiary/aromatic N) is 3. The van der Waals surface area contributed by atoms with E-state index in [1.54, 1.807) is 12.1 Å². The fourth-order valence-corrected chi connectivity index (χ4v) is 3.04. The Balaban J connectivity index is 1.76. The molecule has 2 heterocycles. The minimum atomic E-state index is -0.578. The summed E-state index contributed by atoms with van der Waals surface area (Å²) in [6.07, 6.45) is 1.35. The number of thiazole rings is 1. The number of halogens is 1. The van der Waals surface area contributed by atoms with Crippen LogP contribution in [-0.2, 0) is 6.61 Å². The Hall–Kier alpha value is -2.51. The lowest BCUT2D eigenvalue weighted by Crippen LogP contribution is -2.00. The zero-order chi connectivity index (χ0) is 16.2. The van der Waals surface area contributed by atoms with Crippen molar-refractivity contribution in [1.82, 2.24) is 9.97 Å². The molecule has 8 heteroatoms. The summed E-state index contributed by atoms with van der Waals surface area (Å²) < 4.78 is 5.47. The molecule has 0 saturated heterocycles. The van der Waals surface area contributed by atoms with Crippen molar-refractivity contribution >= 4 is 28.8 Å². The standard InChI is InChI=1S/C15H10ClN3O3S/c16-12-5-2-1-4-11(12)15-18-10(9-23-15)8-22-13-6-3-7-17-14(13)19(20)21/h1-7,9H,8H2. The quantitative estimate of drug-likeness (QED) is 0.506. The van der Waals surface area contributed by atoms with Gasteiger partial charge in [-0.1, -0.05) is 29.8 Å². The van der Waals surface area contributed by atoms with Crippen molar-refractivity contribution in [2.24, 2.45) is 0 Å². The summed E-state index contributed by atoms with van der Waals surface area (Å²) >= 11 is 7.59. The zero-order valence-electron chi connectivity index (χ0n) is 11.7. The highest BCUT2D eigenvalue weighted by Crippen LogP contribution is 2.30. The van der Waals surface area contributed by atoms with E-state index in [0.717, 1.165) is 10.6 Å². The van der Waals surface area contributed by atoms with Crippen LogP contribution in [0.3, 0.4) is 0 Å². The molecule has 0 N–H and O–H groups in total. The van der Waals surface area contributed by atoms with Crippen LogP contribution in [0.5, 0.6) is 5.75 Å². The Kier molecular flexibility index (Phi) is 4.50. The maximum Gasteiger partial charge on any atom is 0.406 e. The molecule has 0 amide bonds. The van der Waals surface area contributed by atoms with Gasteiger partial charge in [0.15, 0.2) is 0 Å². The van der Waals surface area contributed by atoms with Gasteiger partial charge in [0.05, 0.1) is 10.7 Å². The lowest BCUT2D eigenvalue weighted by Gasteiger charge is -2.04. The Morgan fingerprint density at radius 2 is 2.09 bits per heavy atom. The Morgan fingerprint density at radius 1 is 1.26 bits per heavy atom. The Labute approximate surface area is 140 Å². The number of ether oxygens (including phenoxy) is 1. The number of nitro groups is 1. The van der Waals surface area contributed by atoms with E-state index in [-0.39, 0.29) is 18.2 Å². The van der Waals surface area contributed by atoms with Crippen LogP contribution in [-0.4, -0.2) is 14.9 Å². The highest BCUT2D eigenvalue weighted by atomic mass is 35.5. The van der Waals surface area contributed by atoms with Crippen molar-refractivity contribution in [2.45, 2.75) is 6.61 Å². The van der Waals surface area contributed by atoms with Gasteiger partial charge in [0.25, 0.3) is 0 Å². The zero-order valence-corrected chi connectivity index (χ0v) is 13.3. The molecule has 3 rings (SSSR count). The summed E-state index contributed by atoms with van der Waals surface area (Å²) in [5.74, 6) is -0.196. The van der Waals surface area contributed by atoms with Crippen molar-refractivity contribution in [3.8, 4) is 16.3 Å². The molecule has 3 aromatic rings. The molecule has 0 bridgehead atoms. The fourth-order valence-electron chi connectivity index (χ4n) is 1.92. The number of rotatable bonds is 5. The van der Waals surface area contributed by atoms with E-state index in [4.69, 9.17) is 16.3 Å². The molecule has 0 radical (unpaired) electrons. The molecule has 0 aliphatic heterocycles.